The van der Waals surface area contributed by atoms with E-state index in [1.54, 1.807) is 66.7 Å². The predicted octanol–water partition coefficient (Wildman–Crippen LogP) is 3.51. The first kappa shape index (κ1) is 29.9. The maximum absolute atomic E-state index is 13.2. The second kappa shape index (κ2) is 14.0. The van der Waals surface area contributed by atoms with Crippen LogP contribution >= 0.6 is 0 Å². The number of ether oxygens (including phenoxy) is 6. The van der Waals surface area contributed by atoms with Gasteiger partial charge in [-0.3, -0.25) is 9.59 Å². The maximum Gasteiger partial charge on any atom is 0.338 e. The van der Waals surface area contributed by atoms with Crippen molar-refractivity contribution in [1.82, 2.24) is 0 Å². The standard InChI is InChI=1S/C31H28O11/c1-19(32)38-27-26(42-30(36)23-16-10-5-11-17-23)25(41-29(35)22-14-8-4-9-15-22)24(40-31(27)39-20(2)33)18-37-28(34)21-12-6-3-7-13-21/h3-17,24-27,31H,18H2,1-2H3/t24-,25+,26+,27-,31-/m1/s1. The van der Waals surface area contributed by atoms with Crippen molar-refractivity contribution >= 4 is 29.8 Å². The van der Waals surface area contributed by atoms with Gasteiger partial charge >= 0.3 is 29.8 Å². The number of hydrogen-bond donors (Lipinski definition) is 0. The largest absolute Gasteiger partial charge is 0.459 e. The molecule has 0 N–H and O–H groups in total. The highest BCUT2D eigenvalue weighted by Gasteiger charge is 2.54. The fourth-order valence-corrected chi connectivity index (χ4v) is 4.21. The molecule has 0 amide bonds. The van der Waals surface area contributed by atoms with E-state index in [0.717, 1.165) is 13.8 Å². The molecule has 5 atom stereocenters. The van der Waals surface area contributed by atoms with Crippen LogP contribution in [-0.4, -0.2) is 67.2 Å². The van der Waals surface area contributed by atoms with E-state index in [0.29, 0.717) is 0 Å². The molecule has 11 heteroatoms. The molecule has 0 radical (unpaired) electrons. The van der Waals surface area contributed by atoms with Crippen LogP contribution in [0.4, 0.5) is 0 Å². The van der Waals surface area contributed by atoms with Gasteiger partial charge in [-0.15, -0.1) is 0 Å². The highest BCUT2D eigenvalue weighted by molar-refractivity contribution is 5.91. The molecule has 1 saturated heterocycles. The molecule has 218 valence electrons. The molecule has 42 heavy (non-hydrogen) atoms. The van der Waals surface area contributed by atoms with E-state index in [2.05, 4.69) is 0 Å². The smallest absolute Gasteiger partial charge is 0.338 e. The number of benzene rings is 3. The number of hydrogen-bond acceptors (Lipinski definition) is 11. The molecular formula is C31H28O11. The Hall–Kier alpha value is -5.03. The first-order valence-corrected chi connectivity index (χ1v) is 13.0. The fraction of sp³-hybridized carbons (Fsp3) is 0.258. The number of esters is 5. The van der Waals surface area contributed by atoms with Gasteiger partial charge in [0.15, 0.2) is 12.2 Å². The molecule has 0 bridgehead atoms. The minimum absolute atomic E-state index is 0.148. The molecule has 0 saturated carbocycles. The van der Waals surface area contributed by atoms with Gasteiger partial charge in [0.25, 0.3) is 0 Å². The van der Waals surface area contributed by atoms with Crippen LogP contribution < -0.4 is 0 Å². The average Bonchev–Trinajstić information content (AvgIpc) is 2.99. The number of carbonyl (C=O) groups is 5. The zero-order valence-electron chi connectivity index (χ0n) is 22.7. The summed E-state index contributed by atoms with van der Waals surface area (Å²) in [6.45, 7) is 1.69. The fourth-order valence-electron chi connectivity index (χ4n) is 4.21. The van der Waals surface area contributed by atoms with Crippen LogP contribution in [0.25, 0.3) is 0 Å². The van der Waals surface area contributed by atoms with Crippen molar-refractivity contribution in [3.05, 3.63) is 108 Å². The molecule has 0 unspecified atom stereocenters. The molecule has 1 heterocycles. The molecule has 4 rings (SSSR count). The van der Waals surface area contributed by atoms with Gasteiger partial charge in [0, 0.05) is 13.8 Å². The Kier molecular flexibility index (Phi) is 10.0. The topological polar surface area (TPSA) is 141 Å². The number of rotatable bonds is 9. The minimum atomic E-state index is -1.60. The summed E-state index contributed by atoms with van der Waals surface area (Å²) in [5.74, 6) is -4.00. The van der Waals surface area contributed by atoms with Crippen molar-refractivity contribution in [3.8, 4) is 0 Å². The third-order valence-corrected chi connectivity index (χ3v) is 6.07. The van der Waals surface area contributed by atoms with E-state index < -0.39 is 67.2 Å². The summed E-state index contributed by atoms with van der Waals surface area (Å²) in [5, 5.41) is 0. The Labute approximate surface area is 241 Å². The molecule has 3 aromatic rings. The van der Waals surface area contributed by atoms with E-state index in [9.17, 15) is 24.0 Å². The molecule has 1 aliphatic rings. The first-order chi connectivity index (χ1) is 20.2. The van der Waals surface area contributed by atoms with Crippen molar-refractivity contribution in [1.29, 1.82) is 0 Å². The highest BCUT2D eigenvalue weighted by atomic mass is 16.7. The minimum Gasteiger partial charge on any atom is -0.459 e. The Morgan fingerprint density at radius 3 is 1.43 bits per heavy atom. The van der Waals surface area contributed by atoms with Crippen LogP contribution in [0.5, 0.6) is 0 Å². The summed E-state index contributed by atoms with van der Waals surface area (Å²) in [6.07, 6.45) is -7.51. The summed E-state index contributed by atoms with van der Waals surface area (Å²) in [4.78, 5) is 63.2. The second-order valence-corrected chi connectivity index (χ2v) is 9.16. The molecule has 0 aliphatic carbocycles. The predicted molar refractivity (Wildman–Crippen MR) is 144 cm³/mol. The van der Waals surface area contributed by atoms with Crippen LogP contribution in [0.3, 0.4) is 0 Å². The SMILES string of the molecule is CC(=O)O[C@@H]1O[C@H](COC(=O)c2ccccc2)[C@H](OC(=O)c2ccccc2)[C@H](OC(=O)c2ccccc2)[C@H]1OC(C)=O. The van der Waals surface area contributed by atoms with Crippen molar-refractivity contribution in [2.75, 3.05) is 6.61 Å². The Morgan fingerprint density at radius 1 is 0.548 bits per heavy atom. The first-order valence-electron chi connectivity index (χ1n) is 13.0. The summed E-state index contributed by atoms with van der Waals surface area (Å²) < 4.78 is 33.6. The van der Waals surface area contributed by atoms with Gasteiger partial charge in [-0.1, -0.05) is 54.6 Å². The lowest BCUT2D eigenvalue weighted by Crippen LogP contribution is -2.63. The Morgan fingerprint density at radius 2 is 0.976 bits per heavy atom. The third kappa shape index (κ3) is 7.79. The summed E-state index contributed by atoms with van der Waals surface area (Å²) in [7, 11) is 0. The summed E-state index contributed by atoms with van der Waals surface area (Å²) >= 11 is 0. The second-order valence-electron chi connectivity index (χ2n) is 9.16. The van der Waals surface area contributed by atoms with Crippen molar-refractivity contribution in [3.63, 3.8) is 0 Å². The van der Waals surface area contributed by atoms with E-state index >= 15 is 0 Å². The average molecular weight is 577 g/mol. The van der Waals surface area contributed by atoms with Crippen LogP contribution in [-0.2, 0) is 38.0 Å². The highest BCUT2D eigenvalue weighted by Crippen LogP contribution is 2.31. The van der Waals surface area contributed by atoms with Gasteiger partial charge in [-0.2, -0.15) is 0 Å². The molecule has 1 aliphatic heterocycles. The van der Waals surface area contributed by atoms with E-state index in [1.165, 1.54) is 24.3 Å². The lowest BCUT2D eigenvalue weighted by molar-refractivity contribution is -0.293. The van der Waals surface area contributed by atoms with E-state index in [1.807, 2.05) is 0 Å². The van der Waals surface area contributed by atoms with Gasteiger partial charge in [0.2, 0.25) is 12.4 Å². The van der Waals surface area contributed by atoms with Gasteiger partial charge in [-0.05, 0) is 36.4 Å². The summed E-state index contributed by atoms with van der Waals surface area (Å²) in [5.41, 5.74) is 0.555. The van der Waals surface area contributed by atoms with Gasteiger partial charge in [0.1, 0.15) is 12.7 Å². The lowest BCUT2D eigenvalue weighted by Gasteiger charge is -2.43. The quantitative estimate of drug-likeness (QED) is 0.273. The zero-order valence-corrected chi connectivity index (χ0v) is 22.7. The van der Waals surface area contributed by atoms with Crippen LogP contribution in [0, 0.1) is 0 Å². The third-order valence-electron chi connectivity index (χ3n) is 6.07. The molecule has 1 fully saturated rings. The number of carbonyl (C=O) groups excluding carboxylic acids is 5. The van der Waals surface area contributed by atoms with E-state index in [4.69, 9.17) is 28.4 Å². The molecule has 3 aromatic carbocycles. The molecular weight excluding hydrogens is 548 g/mol. The normalized spacial score (nSPS) is 21.3. The maximum atomic E-state index is 13.2. The van der Waals surface area contributed by atoms with Gasteiger partial charge < -0.3 is 28.4 Å². The van der Waals surface area contributed by atoms with Crippen molar-refractivity contribution in [2.24, 2.45) is 0 Å². The monoisotopic (exact) mass is 576 g/mol. The zero-order chi connectivity index (χ0) is 30.1. The van der Waals surface area contributed by atoms with Crippen LogP contribution in [0.15, 0.2) is 91.0 Å². The lowest BCUT2D eigenvalue weighted by atomic mass is 9.97. The van der Waals surface area contributed by atoms with Crippen LogP contribution in [0.1, 0.15) is 44.9 Å². The molecule has 11 nitrogen and oxygen atoms in total. The molecule has 0 aromatic heterocycles. The van der Waals surface area contributed by atoms with Gasteiger partial charge in [-0.25, -0.2) is 14.4 Å². The van der Waals surface area contributed by atoms with Crippen molar-refractivity contribution < 1.29 is 52.4 Å². The van der Waals surface area contributed by atoms with Crippen LogP contribution in [0.2, 0.25) is 0 Å². The van der Waals surface area contributed by atoms with Gasteiger partial charge in [0.05, 0.1) is 16.7 Å². The molecule has 0 spiro atoms. The Balaban J connectivity index is 1.71. The Bertz CT molecular complexity index is 1390. The van der Waals surface area contributed by atoms with E-state index in [-0.39, 0.29) is 16.7 Å². The summed E-state index contributed by atoms with van der Waals surface area (Å²) in [6, 6.07) is 24.0. The van der Waals surface area contributed by atoms with Crippen molar-refractivity contribution in [2.45, 2.75) is 44.6 Å².